The van der Waals surface area contributed by atoms with Gasteiger partial charge in [0.1, 0.15) is 0 Å². The van der Waals surface area contributed by atoms with E-state index in [0.717, 1.165) is 24.9 Å². The first-order valence-electron chi connectivity index (χ1n) is 14.4. The lowest BCUT2D eigenvalue weighted by Crippen LogP contribution is -2.24. The van der Waals surface area contributed by atoms with Crippen molar-refractivity contribution in [3.8, 4) is 11.1 Å². The van der Waals surface area contributed by atoms with Crippen LogP contribution in [0.5, 0.6) is 0 Å². The normalized spacial score (nSPS) is 14.8. The minimum absolute atomic E-state index is 0.00627. The predicted molar refractivity (Wildman–Crippen MR) is 182 cm³/mol. The number of rotatable bonds is 10. The van der Waals surface area contributed by atoms with Crippen LogP contribution in [0.1, 0.15) is 84.3 Å². The summed E-state index contributed by atoms with van der Waals surface area (Å²) in [5, 5.41) is 0. The number of fused-ring (bicyclic) bond motifs is 1. The molecule has 220 valence electrons. The van der Waals surface area contributed by atoms with Crippen molar-refractivity contribution in [3.05, 3.63) is 90.2 Å². The van der Waals surface area contributed by atoms with Gasteiger partial charge in [-0.15, -0.1) is 0 Å². The molecule has 0 saturated carbocycles. The summed E-state index contributed by atoms with van der Waals surface area (Å²) in [7, 11) is 3.64. The second-order valence-corrected chi connectivity index (χ2v) is 9.96. The van der Waals surface area contributed by atoms with Gasteiger partial charge in [-0.3, -0.25) is 4.99 Å². The molecular weight excluding hydrogens is 490 g/mol. The Kier molecular flexibility index (Phi) is 18.7. The maximum absolute atomic E-state index is 5.71. The van der Waals surface area contributed by atoms with Crippen LogP contribution in [-0.4, -0.2) is 33.7 Å². The fourth-order valence-corrected chi connectivity index (χ4v) is 4.42. The van der Waals surface area contributed by atoms with Crippen molar-refractivity contribution in [2.45, 2.75) is 78.7 Å². The standard InChI is InChI=1S/C23H31N3.C7H12.C3H7N.C2H5N/c1-4-6-14-23(13-5-2)22-12-9-19(15-20(22)16-25-23)18-7-10-21(11-8-18)26(3)17-24;1-4-7(5-2)6-3;1-3(2)4;1-3-2/h7-12,15-16H,4-6,13-14,17,24H2,1-3H3;4-5H,1,6H2,2-3H3;1,4H2,2H3;1H2,2H3/b;7-5+;;. The van der Waals surface area contributed by atoms with Gasteiger partial charge < -0.3 is 21.4 Å². The van der Waals surface area contributed by atoms with E-state index in [4.69, 9.17) is 16.5 Å². The maximum atomic E-state index is 5.71. The average Bonchev–Trinajstić information content (AvgIpc) is 3.31. The molecule has 0 bridgehead atoms. The molecule has 5 nitrogen and oxygen atoms in total. The summed E-state index contributed by atoms with van der Waals surface area (Å²) in [6, 6.07) is 15.5. The molecule has 2 aromatic carbocycles. The molecule has 0 spiro atoms. The largest absolute Gasteiger partial charge is 0.403 e. The molecule has 4 N–H and O–H groups in total. The van der Waals surface area contributed by atoms with Crippen molar-refractivity contribution in [3.63, 3.8) is 0 Å². The van der Waals surface area contributed by atoms with Gasteiger partial charge in [0.15, 0.2) is 0 Å². The predicted octanol–water partition coefficient (Wildman–Crippen LogP) is 8.65. The molecule has 40 heavy (non-hydrogen) atoms. The molecule has 3 rings (SSSR count). The summed E-state index contributed by atoms with van der Waals surface area (Å²) in [5.74, 6) is 0. The van der Waals surface area contributed by atoms with Crippen molar-refractivity contribution in [2.75, 3.05) is 25.7 Å². The Morgan fingerprint density at radius 1 is 1.05 bits per heavy atom. The molecule has 1 unspecified atom stereocenters. The molecule has 1 aliphatic heterocycles. The summed E-state index contributed by atoms with van der Waals surface area (Å²) < 4.78 is 0. The molecule has 0 amide bonds. The van der Waals surface area contributed by atoms with Crippen molar-refractivity contribution < 1.29 is 0 Å². The van der Waals surface area contributed by atoms with E-state index in [1.165, 1.54) is 47.1 Å². The molecule has 5 heteroatoms. The van der Waals surface area contributed by atoms with Gasteiger partial charge in [-0.25, -0.2) is 0 Å². The summed E-state index contributed by atoms with van der Waals surface area (Å²) >= 11 is 0. The van der Waals surface area contributed by atoms with E-state index in [-0.39, 0.29) is 5.54 Å². The van der Waals surface area contributed by atoms with Gasteiger partial charge in [-0.05, 0) is 86.0 Å². The van der Waals surface area contributed by atoms with E-state index in [0.29, 0.717) is 12.4 Å². The van der Waals surface area contributed by atoms with Crippen LogP contribution in [0, 0.1) is 0 Å². The monoisotopic (exact) mass is 545 g/mol. The quantitative estimate of drug-likeness (QED) is 0.178. The number of benzene rings is 2. The summed E-state index contributed by atoms with van der Waals surface area (Å²) in [6.45, 7) is 21.0. The lowest BCUT2D eigenvalue weighted by molar-refractivity contribution is 0.372. The molecule has 0 aromatic heterocycles. The number of anilines is 1. The second kappa shape index (κ2) is 20.5. The number of allylic oxidation sites excluding steroid dienone is 4. The molecule has 0 fully saturated rings. The van der Waals surface area contributed by atoms with Gasteiger partial charge in [-0.2, -0.15) is 0 Å². The third-order valence-electron chi connectivity index (χ3n) is 6.57. The fourth-order valence-electron chi connectivity index (χ4n) is 4.42. The van der Waals surface area contributed by atoms with E-state index >= 15 is 0 Å². The lowest BCUT2D eigenvalue weighted by atomic mass is 9.81. The first-order valence-corrected chi connectivity index (χ1v) is 14.4. The highest BCUT2D eigenvalue weighted by Crippen LogP contribution is 2.42. The molecule has 0 saturated heterocycles. The Morgan fingerprint density at radius 2 is 1.62 bits per heavy atom. The van der Waals surface area contributed by atoms with E-state index in [1.807, 2.05) is 24.9 Å². The van der Waals surface area contributed by atoms with Crippen LogP contribution in [0.2, 0.25) is 0 Å². The topological polar surface area (TPSA) is 80.0 Å². The van der Waals surface area contributed by atoms with Crippen LogP contribution in [0.25, 0.3) is 11.1 Å². The molecular formula is C35H55N5. The Hall–Kier alpha value is -3.44. The number of unbranched alkanes of at least 4 members (excludes halogenated alkanes) is 1. The van der Waals surface area contributed by atoms with Crippen molar-refractivity contribution in [1.29, 1.82) is 0 Å². The highest BCUT2D eigenvalue weighted by atomic mass is 15.1. The molecule has 1 atom stereocenters. The van der Waals surface area contributed by atoms with Crippen LogP contribution < -0.4 is 16.4 Å². The van der Waals surface area contributed by atoms with E-state index < -0.39 is 0 Å². The number of nitrogens with two attached hydrogens (primary N) is 2. The van der Waals surface area contributed by atoms with Crippen molar-refractivity contribution in [2.24, 2.45) is 21.5 Å². The minimum atomic E-state index is 0.00627. The number of nitrogens with zero attached hydrogens (tertiary/aromatic N) is 3. The molecule has 1 aliphatic rings. The van der Waals surface area contributed by atoms with Crippen LogP contribution in [0.3, 0.4) is 0 Å². The van der Waals surface area contributed by atoms with Crippen LogP contribution in [-0.2, 0) is 5.54 Å². The highest BCUT2D eigenvalue weighted by Gasteiger charge is 2.35. The van der Waals surface area contributed by atoms with Gasteiger partial charge in [0, 0.05) is 26.0 Å². The van der Waals surface area contributed by atoms with E-state index in [2.05, 4.69) is 100 Å². The fraction of sp³-hybridized carbons (Fsp3) is 0.429. The zero-order valence-corrected chi connectivity index (χ0v) is 26.3. The third kappa shape index (κ3) is 12.2. The SMILES string of the molecule is C=C(C)N.C=C/C(=C\C)CC.C=NC.CCCCC1(CCC)N=Cc2cc(-c3ccc(N(C)CN)cc3)ccc21. The van der Waals surface area contributed by atoms with Gasteiger partial charge in [0.25, 0.3) is 0 Å². The average molecular weight is 546 g/mol. The molecule has 2 aromatic rings. The Balaban J connectivity index is 0.000000904. The summed E-state index contributed by atoms with van der Waals surface area (Å²) in [5.41, 5.74) is 18.9. The van der Waals surface area contributed by atoms with Gasteiger partial charge in [0.2, 0.25) is 0 Å². The van der Waals surface area contributed by atoms with Crippen molar-refractivity contribution >= 4 is 18.6 Å². The summed E-state index contributed by atoms with van der Waals surface area (Å²) in [4.78, 5) is 10.3. The van der Waals surface area contributed by atoms with Crippen LogP contribution in [0.4, 0.5) is 5.69 Å². The van der Waals surface area contributed by atoms with Gasteiger partial charge >= 0.3 is 0 Å². The minimum Gasteiger partial charge on any atom is -0.403 e. The van der Waals surface area contributed by atoms with E-state index in [9.17, 15) is 0 Å². The highest BCUT2D eigenvalue weighted by molar-refractivity contribution is 5.88. The number of hydrogen-bond acceptors (Lipinski definition) is 5. The second-order valence-electron chi connectivity index (χ2n) is 9.96. The Labute approximate surface area is 245 Å². The zero-order valence-electron chi connectivity index (χ0n) is 26.3. The Bertz CT molecular complexity index is 1080. The van der Waals surface area contributed by atoms with Crippen LogP contribution in [0.15, 0.2) is 89.0 Å². The number of hydrogen-bond donors (Lipinski definition) is 2. The third-order valence-corrected chi connectivity index (χ3v) is 6.57. The van der Waals surface area contributed by atoms with E-state index in [1.54, 1.807) is 14.0 Å². The molecule has 0 radical (unpaired) electrons. The lowest BCUT2D eigenvalue weighted by Gasteiger charge is -2.28. The molecule has 1 heterocycles. The maximum Gasteiger partial charge on any atom is 0.0863 e. The Morgan fingerprint density at radius 3 is 2.05 bits per heavy atom. The van der Waals surface area contributed by atoms with Gasteiger partial charge in [-0.1, -0.05) is 95.2 Å². The van der Waals surface area contributed by atoms with Crippen molar-refractivity contribution in [1.82, 2.24) is 0 Å². The summed E-state index contributed by atoms with van der Waals surface area (Å²) in [6.07, 6.45) is 13.1. The zero-order chi connectivity index (χ0) is 30.6. The van der Waals surface area contributed by atoms with Gasteiger partial charge in [0.05, 0.1) is 12.2 Å². The van der Waals surface area contributed by atoms with Crippen LogP contribution >= 0.6 is 0 Å². The first-order chi connectivity index (χ1) is 19.1. The molecule has 0 aliphatic carbocycles. The first kappa shape index (κ1) is 36.6. The smallest absolute Gasteiger partial charge is 0.0863 e. The number of aliphatic imine (C=N–C) groups is 2.